The quantitative estimate of drug-likeness (QED) is 0.167. The van der Waals surface area contributed by atoms with Gasteiger partial charge in [0.1, 0.15) is 5.75 Å². The summed E-state index contributed by atoms with van der Waals surface area (Å²) in [4.78, 5) is 30.1. The second kappa shape index (κ2) is 9.99. The summed E-state index contributed by atoms with van der Waals surface area (Å²) in [5, 5.41) is 18.4. The smallest absolute Gasteiger partial charge is 0.308 e. The fourth-order valence-electron chi connectivity index (χ4n) is 3.86. The van der Waals surface area contributed by atoms with Crippen LogP contribution in [0, 0.1) is 0 Å². The summed E-state index contributed by atoms with van der Waals surface area (Å²) in [6, 6.07) is 12.0. The topological polar surface area (TPSA) is 99.3 Å². The third-order valence-corrected chi connectivity index (χ3v) is 6.51. The van der Waals surface area contributed by atoms with E-state index in [0.29, 0.717) is 22.0 Å². The van der Waals surface area contributed by atoms with Gasteiger partial charge in [-0.15, -0.1) is 0 Å². The molecule has 0 saturated carbocycles. The molecule has 3 aromatic rings. The van der Waals surface area contributed by atoms with Crippen molar-refractivity contribution in [2.45, 2.75) is 44.9 Å². The van der Waals surface area contributed by atoms with Gasteiger partial charge in [-0.3, -0.25) is 9.59 Å². The molecule has 0 radical (unpaired) electrons. The molecule has 176 valence electrons. The van der Waals surface area contributed by atoms with E-state index in [9.17, 15) is 14.7 Å². The molecule has 0 bridgehead atoms. The van der Waals surface area contributed by atoms with E-state index in [-0.39, 0.29) is 22.4 Å². The van der Waals surface area contributed by atoms with Crippen LogP contribution in [-0.4, -0.2) is 27.7 Å². The number of nitrogens with zero attached hydrogens (tertiary/aromatic N) is 4. The number of para-hydroxylation sites is 1. The Morgan fingerprint density at radius 1 is 1.24 bits per heavy atom. The molecule has 0 N–H and O–H groups in total. The van der Waals surface area contributed by atoms with E-state index in [1.807, 2.05) is 0 Å². The van der Waals surface area contributed by atoms with Gasteiger partial charge in [-0.05, 0) is 36.8 Å². The average molecular weight is 499 g/mol. The number of carbonyl (C=O) groups excluding carboxylic acids is 2. The number of ether oxygens (including phenoxy) is 1. The first-order valence-electron chi connectivity index (χ1n) is 10.8. The molecule has 1 atom stereocenters. The predicted octanol–water partition coefficient (Wildman–Crippen LogP) is 3.89. The summed E-state index contributed by atoms with van der Waals surface area (Å²) in [5.74, 6) is -0.171. The van der Waals surface area contributed by atoms with Gasteiger partial charge in [-0.1, -0.05) is 53.5 Å². The maximum absolute atomic E-state index is 13.2. The number of hydrogen-bond donors (Lipinski definition) is 0. The average Bonchev–Trinajstić information content (AvgIpc) is 2.79. The van der Waals surface area contributed by atoms with Gasteiger partial charge >= 0.3 is 5.97 Å². The van der Waals surface area contributed by atoms with Crippen molar-refractivity contribution < 1.29 is 24.1 Å². The Bertz CT molecular complexity index is 1270. The molecule has 2 aromatic carbocycles. The molecule has 0 spiro atoms. The molecule has 1 aliphatic rings. The molecule has 8 nitrogen and oxygen atoms in total. The number of benzene rings is 2. The number of thioether (sulfide) groups is 1. The Hall–Kier alpha value is -3.17. The van der Waals surface area contributed by atoms with E-state index < -0.39 is 18.0 Å². The highest BCUT2D eigenvalue weighted by Gasteiger charge is 2.44. The van der Waals surface area contributed by atoms with E-state index in [2.05, 4.69) is 17.0 Å². The summed E-state index contributed by atoms with van der Waals surface area (Å²) in [6.45, 7) is 4.83. The number of fused-ring (bicyclic) bond motifs is 3. The number of carbonyl (C=O) groups is 2. The van der Waals surface area contributed by atoms with E-state index in [4.69, 9.17) is 16.3 Å². The molecular weight excluding hydrogens is 476 g/mol. The molecule has 1 unspecified atom stereocenters. The summed E-state index contributed by atoms with van der Waals surface area (Å²) in [6.07, 6.45) is 1.19. The zero-order chi connectivity index (χ0) is 24.4. The molecule has 10 heteroatoms. The Labute approximate surface area is 206 Å². The van der Waals surface area contributed by atoms with Gasteiger partial charge < -0.3 is 9.84 Å². The molecular formula is C24H23ClN4O4S. The van der Waals surface area contributed by atoms with Crippen molar-refractivity contribution >= 4 is 40.9 Å². The summed E-state index contributed by atoms with van der Waals surface area (Å²) >= 11 is 7.81. The van der Waals surface area contributed by atoms with E-state index in [1.54, 1.807) is 52.0 Å². The number of rotatable bonds is 6. The number of hydrogen-bond acceptors (Lipinski definition) is 7. The van der Waals surface area contributed by atoms with Crippen LogP contribution in [0.25, 0.3) is 11.3 Å². The lowest BCUT2D eigenvalue weighted by Crippen LogP contribution is -2.58. The molecule has 1 aromatic heterocycles. The van der Waals surface area contributed by atoms with Crippen LogP contribution in [-0.2, 0) is 9.59 Å². The Kier molecular flexibility index (Phi) is 7.04. The van der Waals surface area contributed by atoms with Gasteiger partial charge in [0.15, 0.2) is 0 Å². The number of amides is 1. The maximum atomic E-state index is 13.2. The SMILES string of the molecule is CCCCSc1nc([O-])c2[n+](n1)C(c1ccc(OC(C)=O)c(Cl)c1)N(C(C)=O)c1ccccc1-2. The number of halogens is 1. The van der Waals surface area contributed by atoms with Crippen molar-refractivity contribution in [1.82, 2.24) is 10.1 Å². The van der Waals surface area contributed by atoms with Gasteiger partial charge in [-0.2, -0.15) is 0 Å². The molecule has 1 aliphatic heterocycles. The van der Waals surface area contributed by atoms with Gasteiger partial charge in [0.25, 0.3) is 17.0 Å². The molecule has 4 rings (SSSR count). The van der Waals surface area contributed by atoms with Crippen LogP contribution in [0.2, 0.25) is 5.02 Å². The first-order chi connectivity index (χ1) is 16.3. The van der Waals surface area contributed by atoms with Crippen molar-refractivity contribution in [3.8, 4) is 22.9 Å². The highest BCUT2D eigenvalue weighted by atomic mass is 35.5. The lowest BCUT2D eigenvalue weighted by atomic mass is 10.0. The maximum Gasteiger partial charge on any atom is 0.308 e. The molecule has 1 amide bonds. The van der Waals surface area contributed by atoms with Crippen molar-refractivity contribution in [1.29, 1.82) is 0 Å². The second-order valence-corrected chi connectivity index (χ2v) is 9.23. The van der Waals surface area contributed by atoms with Gasteiger partial charge in [0.2, 0.25) is 5.91 Å². The van der Waals surface area contributed by atoms with Crippen molar-refractivity contribution in [2.24, 2.45) is 0 Å². The largest absolute Gasteiger partial charge is 0.854 e. The highest BCUT2D eigenvalue weighted by Crippen LogP contribution is 2.41. The standard InChI is InChI=1S/C24H23ClN4O4S/c1-4-5-12-34-24-26-22(32)21-17-8-6-7-9-19(17)28(14(2)30)23(29(21)27-24)16-10-11-20(18(25)13-16)33-15(3)31/h6-11,13,23H,4-5,12H2,1-3H3. The van der Waals surface area contributed by atoms with Crippen molar-refractivity contribution in [3.63, 3.8) is 0 Å². The highest BCUT2D eigenvalue weighted by molar-refractivity contribution is 7.99. The van der Waals surface area contributed by atoms with E-state index in [1.165, 1.54) is 25.6 Å². The summed E-state index contributed by atoms with van der Waals surface area (Å²) < 4.78 is 6.69. The van der Waals surface area contributed by atoms with Crippen LogP contribution >= 0.6 is 23.4 Å². The molecule has 2 heterocycles. The third kappa shape index (κ3) is 4.58. The van der Waals surface area contributed by atoms with Crippen LogP contribution in [0.4, 0.5) is 5.69 Å². The van der Waals surface area contributed by atoms with Crippen LogP contribution < -0.4 is 19.4 Å². The van der Waals surface area contributed by atoms with Crippen LogP contribution in [0.5, 0.6) is 11.6 Å². The molecule has 34 heavy (non-hydrogen) atoms. The van der Waals surface area contributed by atoms with Gasteiger partial charge in [0, 0.05) is 30.3 Å². The van der Waals surface area contributed by atoms with Gasteiger partial charge in [-0.25, -0.2) is 9.88 Å². The number of anilines is 1. The summed E-state index contributed by atoms with van der Waals surface area (Å²) in [7, 11) is 0. The van der Waals surface area contributed by atoms with Crippen molar-refractivity contribution in [2.75, 3.05) is 10.7 Å². The minimum atomic E-state index is -0.785. The van der Waals surface area contributed by atoms with Crippen molar-refractivity contribution in [3.05, 3.63) is 53.1 Å². The van der Waals surface area contributed by atoms with E-state index in [0.717, 1.165) is 18.6 Å². The molecule has 0 saturated heterocycles. The minimum Gasteiger partial charge on any atom is -0.854 e. The lowest BCUT2D eigenvalue weighted by molar-refractivity contribution is -0.764. The normalized spacial score (nSPS) is 14.4. The fourth-order valence-corrected chi connectivity index (χ4v) is 5.00. The Balaban J connectivity index is 1.92. The van der Waals surface area contributed by atoms with Crippen LogP contribution in [0.1, 0.15) is 45.3 Å². The minimum absolute atomic E-state index is 0.200. The lowest BCUT2D eigenvalue weighted by Gasteiger charge is -2.33. The monoisotopic (exact) mass is 498 g/mol. The zero-order valence-corrected chi connectivity index (χ0v) is 20.5. The number of unbranched alkanes of at least 4 members (excludes halogenated alkanes) is 1. The first-order valence-corrected chi connectivity index (χ1v) is 12.2. The van der Waals surface area contributed by atoms with Crippen LogP contribution in [0.15, 0.2) is 47.6 Å². The van der Waals surface area contributed by atoms with Gasteiger partial charge in [0.05, 0.1) is 22.2 Å². The third-order valence-electron chi connectivity index (χ3n) is 5.29. The van der Waals surface area contributed by atoms with E-state index >= 15 is 0 Å². The molecule has 0 fully saturated rings. The number of aromatic nitrogens is 3. The first kappa shape index (κ1) is 24.0. The Morgan fingerprint density at radius 3 is 2.68 bits per heavy atom. The molecule has 0 aliphatic carbocycles. The fraction of sp³-hybridized carbons (Fsp3) is 0.292. The second-order valence-electron chi connectivity index (χ2n) is 7.76. The zero-order valence-electron chi connectivity index (χ0n) is 18.9. The Morgan fingerprint density at radius 2 is 2.00 bits per heavy atom. The summed E-state index contributed by atoms with van der Waals surface area (Å²) in [5.41, 5.74) is 2.04. The number of esters is 1. The van der Waals surface area contributed by atoms with Crippen LogP contribution in [0.3, 0.4) is 0 Å². The predicted molar refractivity (Wildman–Crippen MR) is 127 cm³/mol.